The lowest BCUT2D eigenvalue weighted by Gasteiger charge is -2.36. The van der Waals surface area contributed by atoms with Crippen molar-refractivity contribution in [2.75, 3.05) is 33.8 Å². The summed E-state index contributed by atoms with van der Waals surface area (Å²) >= 11 is 0. The standard InChI is InChI=1S/C19H29N3O3/c1-14(20)18(23)22-12-15-11-16(24-3)5-6-17(15)25-19(13-22)7-4-9-21(2)10-8-19/h5-6,11,14H,4,7-10,12-13,20H2,1-3H3. The summed E-state index contributed by atoms with van der Waals surface area (Å²) in [5, 5.41) is 0. The molecule has 1 amide bonds. The Balaban J connectivity index is 1.98. The molecule has 3 rings (SSSR count). The number of nitrogens with two attached hydrogens (primary N) is 1. The number of amides is 1. The molecule has 2 atom stereocenters. The van der Waals surface area contributed by atoms with E-state index in [1.165, 1.54) is 0 Å². The molecule has 2 heterocycles. The number of carbonyl (C=O) groups is 1. The van der Waals surface area contributed by atoms with E-state index in [0.717, 1.165) is 49.4 Å². The molecule has 6 heteroatoms. The average Bonchev–Trinajstić information content (AvgIpc) is 2.87. The number of hydrogen-bond donors (Lipinski definition) is 1. The van der Waals surface area contributed by atoms with Gasteiger partial charge in [-0.2, -0.15) is 0 Å². The highest BCUT2D eigenvalue weighted by Crippen LogP contribution is 2.37. The summed E-state index contributed by atoms with van der Waals surface area (Å²) in [7, 11) is 3.78. The first-order valence-electron chi connectivity index (χ1n) is 9.01. The van der Waals surface area contributed by atoms with E-state index in [0.29, 0.717) is 13.1 Å². The number of rotatable bonds is 2. The molecule has 1 fully saturated rings. The van der Waals surface area contributed by atoms with Crippen LogP contribution in [0.1, 0.15) is 31.7 Å². The first kappa shape index (κ1) is 18.0. The lowest BCUT2D eigenvalue weighted by molar-refractivity contribution is -0.135. The minimum absolute atomic E-state index is 0.0313. The highest BCUT2D eigenvalue weighted by Gasteiger charge is 2.40. The number of nitrogens with zero attached hydrogens (tertiary/aromatic N) is 2. The lowest BCUT2D eigenvalue weighted by Crippen LogP contribution is -2.51. The van der Waals surface area contributed by atoms with Crippen molar-refractivity contribution in [3.63, 3.8) is 0 Å². The molecule has 6 nitrogen and oxygen atoms in total. The number of methoxy groups -OCH3 is 1. The van der Waals surface area contributed by atoms with Crippen molar-refractivity contribution in [3.8, 4) is 11.5 Å². The Hall–Kier alpha value is -1.79. The Morgan fingerprint density at radius 1 is 1.36 bits per heavy atom. The van der Waals surface area contributed by atoms with E-state index in [1.807, 2.05) is 23.1 Å². The minimum Gasteiger partial charge on any atom is -0.497 e. The third-order valence-corrected chi connectivity index (χ3v) is 5.26. The van der Waals surface area contributed by atoms with Crippen LogP contribution in [0.15, 0.2) is 18.2 Å². The average molecular weight is 347 g/mol. The van der Waals surface area contributed by atoms with Gasteiger partial charge in [-0.25, -0.2) is 0 Å². The number of benzene rings is 1. The van der Waals surface area contributed by atoms with Crippen LogP contribution < -0.4 is 15.2 Å². The zero-order valence-electron chi connectivity index (χ0n) is 15.5. The smallest absolute Gasteiger partial charge is 0.239 e. The molecule has 25 heavy (non-hydrogen) atoms. The Morgan fingerprint density at radius 2 is 2.16 bits per heavy atom. The van der Waals surface area contributed by atoms with Gasteiger partial charge in [0.2, 0.25) is 5.91 Å². The highest BCUT2D eigenvalue weighted by molar-refractivity contribution is 5.81. The van der Waals surface area contributed by atoms with Gasteiger partial charge in [-0.05, 0) is 51.6 Å². The summed E-state index contributed by atoms with van der Waals surface area (Å²) in [5.74, 6) is 1.59. The van der Waals surface area contributed by atoms with E-state index in [9.17, 15) is 4.79 Å². The number of ether oxygens (including phenoxy) is 2. The number of carbonyl (C=O) groups excluding carboxylic acids is 1. The first-order valence-corrected chi connectivity index (χ1v) is 9.01. The number of likely N-dealkylation sites (tertiary alicyclic amines) is 1. The molecule has 0 bridgehead atoms. The SMILES string of the molecule is COc1ccc2c(c1)CN(C(=O)C(C)N)CC1(CCCN(C)CC1)O2. The summed E-state index contributed by atoms with van der Waals surface area (Å²) in [5.41, 5.74) is 6.52. The van der Waals surface area contributed by atoms with E-state index >= 15 is 0 Å². The molecule has 0 radical (unpaired) electrons. The van der Waals surface area contributed by atoms with Gasteiger partial charge < -0.3 is 25.0 Å². The van der Waals surface area contributed by atoms with Gasteiger partial charge in [0.25, 0.3) is 0 Å². The quantitative estimate of drug-likeness (QED) is 0.880. The summed E-state index contributed by atoms with van der Waals surface area (Å²) < 4.78 is 11.9. The van der Waals surface area contributed by atoms with E-state index in [2.05, 4.69) is 11.9 Å². The van der Waals surface area contributed by atoms with Crippen LogP contribution in [-0.4, -0.2) is 61.1 Å². The molecule has 1 spiro atoms. The van der Waals surface area contributed by atoms with Crippen LogP contribution in [0.3, 0.4) is 0 Å². The fraction of sp³-hybridized carbons (Fsp3) is 0.632. The van der Waals surface area contributed by atoms with Gasteiger partial charge in [0, 0.05) is 25.1 Å². The van der Waals surface area contributed by atoms with E-state index in [4.69, 9.17) is 15.2 Å². The molecule has 0 aromatic heterocycles. The van der Waals surface area contributed by atoms with Crippen LogP contribution in [-0.2, 0) is 11.3 Å². The summed E-state index contributed by atoms with van der Waals surface area (Å²) in [6.45, 7) is 4.85. The van der Waals surface area contributed by atoms with Crippen molar-refractivity contribution in [3.05, 3.63) is 23.8 Å². The second-order valence-electron chi connectivity index (χ2n) is 7.40. The van der Waals surface area contributed by atoms with Crippen LogP contribution >= 0.6 is 0 Å². The largest absolute Gasteiger partial charge is 0.497 e. The van der Waals surface area contributed by atoms with Gasteiger partial charge >= 0.3 is 0 Å². The first-order chi connectivity index (χ1) is 11.9. The van der Waals surface area contributed by atoms with Crippen molar-refractivity contribution in [2.45, 2.75) is 44.4 Å². The molecule has 0 saturated carbocycles. The van der Waals surface area contributed by atoms with Crippen LogP contribution in [0.4, 0.5) is 0 Å². The predicted molar refractivity (Wildman–Crippen MR) is 96.8 cm³/mol. The molecule has 1 aromatic carbocycles. The van der Waals surface area contributed by atoms with Gasteiger partial charge in [-0.1, -0.05) is 0 Å². The summed E-state index contributed by atoms with van der Waals surface area (Å²) in [6.07, 6.45) is 2.89. The van der Waals surface area contributed by atoms with Gasteiger partial charge in [0.05, 0.1) is 19.7 Å². The van der Waals surface area contributed by atoms with Crippen molar-refractivity contribution < 1.29 is 14.3 Å². The van der Waals surface area contributed by atoms with E-state index < -0.39 is 6.04 Å². The molecule has 2 aliphatic rings. The second kappa shape index (κ2) is 7.22. The van der Waals surface area contributed by atoms with Crippen LogP contribution in [0.5, 0.6) is 11.5 Å². The number of hydrogen-bond acceptors (Lipinski definition) is 5. The molecule has 2 unspecified atom stereocenters. The summed E-state index contributed by atoms with van der Waals surface area (Å²) in [6, 6.07) is 5.32. The third kappa shape index (κ3) is 3.90. The molecular formula is C19H29N3O3. The third-order valence-electron chi connectivity index (χ3n) is 5.26. The van der Waals surface area contributed by atoms with Gasteiger partial charge in [0.1, 0.15) is 17.1 Å². The Morgan fingerprint density at radius 3 is 2.88 bits per heavy atom. The molecular weight excluding hydrogens is 318 g/mol. The van der Waals surface area contributed by atoms with Crippen LogP contribution in [0.25, 0.3) is 0 Å². The fourth-order valence-electron chi connectivity index (χ4n) is 3.79. The van der Waals surface area contributed by atoms with Crippen LogP contribution in [0.2, 0.25) is 0 Å². The molecule has 0 aliphatic carbocycles. The molecule has 2 N–H and O–H groups in total. The van der Waals surface area contributed by atoms with Crippen LogP contribution in [0, 0.1) is 0 Å². The topological polar surface area (TPSA) is 68.0 Å². The summed E-state index contributed by atoms with van der Waals surface area (Å²) in [4.78, 5) is 16.9. The zero-order valence-corrected chi connectivity index (χ0v) is 15.5. The maximum atomic E-state index is 12.7. The normalized spacial score (nSPS) is 25.5. The Bertz CT molecular complexity index is 634. The number of fused-ring (bicyclic) bond motifs is 1. The van der Waals surface area contributed by atoms with Gasteiger partial charge in [-0.3, -0.25) is 4.79 Å². The van der Waals surface area contributed by atoms with Crippen molar-refractivity contribution in [2.24, 2.45) is 5.73 Å². The second-order valence-corrected chi connectivity index (χ2v) is 7.40. The monoisotopic (exact) mass is 347 g/mol. The lowest BCUT2D eigenvalue weighted by atomic mass is 9.93. The highest BCUT2D eigenvalue weighted by atomic mass is 16.5. The predicted octanol–water partition coefficient (Wildman–Crippen LogP) is 1.62. The molecule has 2 aliphatic heterocycles. The minimum atomic E-state index is -0.516. The van der Waals surface area contributed by atoms with E-state index in [1.54, 1.807) is 14.0 Å². The molecule has 1 aromatic rings. The van der Waals surface area contributed by atoms with E-state index in [-0.39, 0.29) is 11.5 Å². The van der Waals surface area contributed by atoms with Crippen molar-refractivity contribution in [1.82, 2.24) is 9.80 Å². The molecule has 1 saturated heterocycles. The van der Waals surface area contributed by atoms with Crippen molar-refractivity contribution in [1.29, 1.82) is 0 Å². The van der Waals surface area contributed by atoms with Gasteiger partial charge in [-0.15, -0.1) is 0 Å². The van der Waals surface area contributed by atoms with Gasteiger partial charge in [0.15, 0.2) is 0 Å². The maximum absolute atomic E-state index is 12.7. The Labute approximate surface area is 149 Å². The molecule has 138 valence electrons. The maximum Gasteiger partial charge on any atom is 0.239 e. The van der Waals surface area contributed by atoms with Crippen molar-refractivity contribution >= 4 is 5.91 Å². The zero-order chi connectivity index (χ0) is 18.0. The fourth-order valence-corrected chi connectivity index (χ4v) is 3.79. The Kier molecular flexibility index (Phi) is 5.20.